The van der Waals surface area contributed by atoms with E-state index in [4.69, 9.17) is 9.84 Å². The Hall–Kier alpha value is -2.23. The van der Waals surface area contributed by atoms with Crippen LogP contribution in [-0.2, 0) is 20.6 Å². The summed E-state index contributed by atoms with van der Waals surface area (Å²) < 4.78 is 34.4. The molecule has 0 unspecified atom stereocenters. The highest BCUT2D eigenvalue weighted by molar-refractivity contribution is 7.99. The number of likely N-dealkylation sites (N-methyl/N-ethyl adjacent to an activating group) is 1. The molecular weight excluding hydrogens is 448 g/mol. The number of carboxylic acid groups (broad SMARTS) is 1. The van der Waals surface area contributed by atoms with Crippen molar-refractivity contribution in [2.45, 2.75) is 42.9 Å². The van der Waals surface area contributed by atoms with E-state index in [0.717, 1.165) is 24.9 Å². The van der Waals surface area contributed by atoms with Gasteiger partial charge in [0.1, 0.15) is 10.6 Å². The predicted molar refractivity (Wildman–Crippen MR) is 129 cm³/mol. The third kappa shape index (κ3) is 5.22. The van der Waals surface area contributed by atoms with Crippen molar-refractivity contribution >= 4 is 39.1 Å². The average molecular weight is 479 g/mol. The molecule has 0 saturated heterocycles. The lowest BCUT2D eigenvalue weighted by Crippen LogP contribution is -2.40. The van der Waals surface area contributed by atoms with Crippen molar-refractivity contribution in [2.24, 2.45) is 0 Å². The van der Waals surface area contributed by atoms with Gasteiger partial charge in [-0.3, -0.25) is 4.79 Å². The van der Waals surface area contributed by atoms with E-state index in [-0.39, 0.29) is 16.7 Å². The Morgan fingerprint density at radius 3 is 2.59 bits per heavy atom. The molecular formula is C23H30N2O5S2. The predicted octanol–water partition coefficient (Wildman–Crippen LogP) is 4.34. The zero-order valence-corrected chi connectivity index (χ0v) is 20.3. The number of anilines is 2. The van der Waals surface area contributed by atoms with Gasteiger partial charge < -0.3 is 14.7 Å². The molecule has 32 heavy (non-hydrogen) atoms. The molecule has 7 nitrogen and oxygen atoms in total. The molecule has 0 fully saturated rings. The van der Waals surface area contributed by atoms with E-state index in [1.54, 1.807) is 26.3 Å². The van der Waals surface area contributed by atoms with Crippen LogP contribution in [0.5, 0.6) is 5.75 Å². The lowest BCUT2D eigenvalue weighted by molar-refractivity contribution is -0.133. The summed E-state index contributed by atoms with van der Waals surface area (Å²) in [4.78, 5) is 13.2. The Labute approximate surface area is 194 Å². The van der Waals surface area contributed by atoms with Crippen LogP contribution in [0.1, 0.15) is 31.7 Å². The topological polar surface area (TPSA) is 87.1 Å². The number of fused-ring (bicyclic) bond motifs is 1. The highest BCUT2D eigenvalue weighted by Crippen LogP contribution is 2.42. The first-order valence-electron chi connectivity index (χ1n) is 10.6. The zero-order chi connectivity index (χ0) is 23.3. The third-order valence-electron chi connectivity index (χ3n) is 5.66. The Bertz CT molecular complexity index is 1040. The first kappa shape index (κ1) is 24.4. The molecule has 0 amide bonds. The molecule has 2 aromatic rings. The van der Waals surface area contributed by atoms with Gasteiger partial charge in [0, 0.05) is 42.7 Å². The maximum absolute atomic E-state index is 13.7. The minimum Gasteiger partial charge on any atom is -0.496 e. The van der Waals surface area contributed by atoms with Crippen LogP contribution in [0.2, 0.25) is 0 Å². The maximum Gasteiger partial charge on any atom is 0.313 e. The number of benzene rings is 2. The number of rotatable bonds is 9. The molecule has 1 atom stereocenters. The fourth-order valence-corrected chi connectivity index (χ4v) is 6.22. The Balaban J connectivity index is 2.16. The minimum absolute atomic E-state index is 0.0673. The molecule has 3 rings (SSSR count). The standard InChI is InChI=1S/C23H30N2O5S2/c1-4-5-9-19-14-25(18-10-7-6-8-11-18)20-13-21(30-3)17(15-31-16-23(26)27)12-22(20)32(28,29)24(19)2/h6-8,10-13,19H,4-5,9,14-16H2,1-3H3,(H,26,27)/t19-/m0/s1. The number of methoxy groups -OCH3 is 1. The van der Waals surface area contributed by atoms with Gasteiger partial charge in [0.05, 0.1) is 18.6 Å². The van der Waals surface area contributed by atoms with Gasteiger partial charge in [-0.15, -0.1) is 11.8 Å². The first-order chi connectivity index (χ1) is 15.3. The number of para-hydroxylation sites is 1. The van der Waals surface area contributed by atoms with Crippen LogP contribution in [-0.4, -0.2) is 56.3 Å². The van der Waals surface area contributed by atoms with Gasteiger partial charge in [-0.2, -0.15) is 4.31 Å². The fraction of sp³-hybridized carbons (Fsp3) is 0.435. The maximum atomic E-state index is 13.7. The molecule has 2 aromatic carbocycles. The van der Waals surface area contributed by atoms with Crippen LogP contribution in [0.4, 0.5) is 11.4 Å². The summed E-state index contributed by atoms with van der Waals surface area (Å²) in [6.45, 7) is 2.63. The fourth-order valence-electron chi connectivity index (χ4n) is 3.90. The molecule has 0 bridgehead atoms. The van der Waals surface area contributed by atoms with E-state index in [0.29, 0.717) is 29.3 Å². The number of sulfonamides is 1. The quantitative estimate of drug-likeness (QED) is 0.573. The lowest BCUT2D eigenvalue weighted by atomic mass is 10.1. The summed E-state index contributed by atoms with van der Waals surface area (Å²) in [5, 5.41) is 8.96. The Kier molecular flexibility index (Phi) is 8.08. The van der Waals surface area contributed by atoms with Gasteiger partial charge in [-0.1, -0.05) is 38.0 Å². The van der Waals surface area contributed by atoms with E-state index < -0.39 is 16.0 Å². The number of carbonyl (C=O) groups is 1. The number of ether oxygens (including phenoxy) is 1. The van der Waals surface area contributed by atoms with E-state index in [1.807, 2.05) is 35.2 Å². The minimum atomic E-state index is -3.76. The number of aliphatic carboxylic acids is 1. The highest BCUT2D eigenvalue weighted by Gasteiger charge is 2.37. The van der Waals surface area contributed by atoms with Gasteiger partial charge in [-0.05, 0) is 24.6 Å². The molecule has 174 valence electrons. The molecule has 0 aromatic heterocycles. The largest absolute Gasteiger partial charge is 0.496 e. The summed E-state index contributed by atoms with van der Waals surface area (Å²) in [6, 6.07) is 13.0. The molecule has 0 spiro atoms. The van der Waals surface area contributed by atoms with Crippen molar-refractivity contribution in [2.75, 3.05) is 31.4 Å². The van der Waals surface area contributed by atoms with Crippen molar-refractivity contribution < 1.29 is 23.1 Å². The van der Waals surface area contributed by atoms with Gasteiger partial charge in [-0.25, -0.2) is 8.42 Å². The van der Waals surface area contributed by atoms with Crippen molar-refractivity contribution in [3.05, 3.63) is 48.0 Å². The lowest BCUT2D eigenvalue weighted by Gasteiger charge is -2.29. The van der Waals surface area contributed by atoms with Gasteiger partial charge in [0.25, 0.3) is 0 Å². The van der Waals surface area contributed by atoms with Gasteiger partial charge in [0.2, 0.25) is 10.0 Å². The number of hydrogen-bond donors (Lipinski definition) is 1. The number of thioether (sulfide) groups is 1. The van der Waals surface area contributed by atoms with Crippen LogP contribution in [0.3, 0.4) is 0 Å². The molecule has 1 aliphatic rings. The zero-order valence-electron chi connectivity index (χ0n) is 18.7. The van der Waals surface area contributed by atoms with Crippen LogP contribution in [0.25, 0.3) is 0 Å². The number of nitrogens with zero attached hydrogens (tertiary/aromatic N) is 2. The summed E-state index contributed by atoms with van der Waals surface area (Å²) in [6.07, 6.45) is 2.69. The van der Waals surface area contributed by atoms with E-state index in [9.17, 15) is 13.2 Å². The smallest absolute Gasteiger partial charge is 0.313 e. The van der Waals surface area contributed by atoms with Crippen LogP contribution in [0, 0.1) is 0 Å². The second-order valence-electron chi connectivity index (χ2n) is 7.78. The number of unbranched alkanes of at least 4 members (excludes halogenated alkanes) is 1. The monoisotopic (exact) mass is 478 g/mol. The SMILES string of the molecule is CCCC[C@H]1CN(c2ccccc2)c2cc(OC)c(CSCC(=O)O)cc2S(=O)(=O)N1C. The van der Waals surface area contributed by atoms with E-state index in [1.165, 1.54) is 16.1 Å². The highest BCUT2D eigenvalue weighted by atomic mass is 32.2. The van der Waals surface area contributed by atoms with Crippen molar-refractivity contribution in [1.82, 2.24) is 4.31 Å². The summed E-state index contributed by atoms with van der Waals surface area (Å²) >= 11 is 1.21. The second-order valence-corrected chi connectivity index (χ2v) is 10.7. The Morgan fingerprint density at radius 2 is 1.97 bits per heavy atom. The molecule has 0 aliphatic carbocycles. The Morgan fingerprint density at radius 1 is 1.25 bits per heavy atom. The molecule has 1 N–H and O–H groups in total. The van der Waals surface area contributed by atoms with Gasteiger partial charge in [0.15, 0.2) is 0 Å². The van der Waals surface area contributed by atoms with Gasteiger partial charge >= 0.3 is 5.97 Å². The van der Waals surface area contributed by atoms with Crippen LogP contribution >= 0.6 is 11.8 Å². The number of carboxylic acids is 1. The average Bonchev–Trinajstić information content (AvgIpc) is 2.86. The molecule has 9 heteroatoms. The van der Waals surface area contributed by atoms with E-state index in [2.05, 4.69) is 6.92 Å². The van der Waals surface area contributed by atoms with Crippen molar-refractivity contribution in [1.29, 1.82) is 0 Å². The summed E-state index contributed by atoms with van der Waals surface area (Å²) in [5.74, 6) is -0.0909. The van der Waals surface area contributed by atoms with Crippen molar-refractivity contribution in [3.8, 4) is 5.75 Å². The number of hydrogen-bond acceptors (Lipinski definition) is 6. The normalized spacial score (nSPS) is 18.1. The second kappa shape index (κ2) is 10.6. The molecule has 0 radical (unpaired) electrons. The molecule has 0 saturated carbocycles. The molecule has 1 aliphatic heterocycles. The first-order valence-corrected chi connectivity index (χ1v) is 13.2. The summed E-state index contributed by atoms with van der Waals surface area (Å²) in [7, 11) is -0.563. The van der Waals surface area contributed by atoms with Crippen molar-refractivity contribution in [3.63, 3.8) is 0 Å². The molecule has 1 heterocycles. The third-order valence-corrected chi connectivity index (χ3v) is 8.56. The summed E-state index contributed by atoms with van der Waals surface area (Å²) in [5.41, 5.74) is 2.15. The van der Waals surface area contributed by atoms with E-state index >= 15 is 0 Å². The van der Waals surface area contributed by atoms with Crippen LogP contribution < -0.4 is 9.64 Å². The van der Waals surface area contributed by atoms with Crippen LogP contribution in [0.15, 0.2) is 47.4 Å².